The third kappa shape index (κ3) is 3.01. The van der Waals surface area contributed by atoms with Crippen molar-refractivity contribution in [2.45, 2.75) is 25.8 Å². The van der Waals surface area contributed by atoms with Gasteiger partial charge < -0.3 is 10.2 Å². The molecule has 2 N–H and O–H groups in total. The summed E-state index contributed by atoms with van der Waals surface area (Å²) in [5.74, 6) is 1.000. The molecule has 0 spiro atoms. The van der Waals surface area contributed by atoms with Crippen LogP contribution in [0.1, 0.15) is 29.0 Å². The van der Waals surface area contributed by atoms with E-state index in [9.17, 15) is 9.59 Å². The lowest BCUT2D eigenvalue weighted by Gasteiger charge is -2.33. The first-order valence-corrected chi connectivity index (χ1v) is 8.39. The second-order valence-electron chi connectivity index (χ2n) is 6.23. The molecule has 4 rings (SSSR count). The lowest BCUT2D eigenvalue weighted by atomic mass is 10.1. The fourth-order valence-corrected chi connectivity index (χ4v) is 3.11. The lowest BCUT2D eigenvalue weighted by molar-refractivity contribution is 0.0931. The van der Waals surface area contributed by atoms with E-state index in [0.29, 0.717) is 18.3 Å². The van der Waals surface area contributed by atoms with Gasteiger partial charge in [0.15, 0.2) is 0 Å². The van der Waals surface area contributed by atoms with Crippen LogP contribution in [0.15, 0.2) is 29.5 Å². The zero-order valence-electron chi connectivity index (χ0n) is 14.2. The largest absolute Gasteiger partial charge is 0.347 e. The van der Waals surface area contributed by atoms with E-state index in [4.69, 9.17) is 0 Å². The first-order chi connectivity index (χ1) is 12.6. The number of anilines is 1. The van der Waals surface area contributed by atoms with Crippen LogP contribution in [0.2, 0.25) is 0 Å². The van der Waals surface area contributed by atoms with Crippen molar-refractivity contribution >= 4 is 17.6 Å². The third-order valence-corrected chi connectivity index (χ3v) is 4.32. The molecule has 3 aromatic rings. The summed E-state index contributed by atoms with van der Waals surface area (Å²) in [6.07, 6.45) is 6.39. The molecule has 4 heterocycles. The van der Waals surface area contributed by atoms with E-state index in [1.165, 1.54) is 10.7 Å². The monoisotopic (exact) mass is 354 g/mol. The van der Waals surface area contributed by atoms with E-state index in [1.807, 2.05) is 4.90 Å². The van der Waals surface area contributed by atoms with Gasteiger partial charge in [0.25, 0.3) is 17.2 Å². The van der Waals surface area contributed by atoms with Gasteiger partial charge in [0, 0.05) is 37.7 Å². The van der Waals surface area contributed by atoms with E-state index in [0.717, 1.165) is 19.4 Å². The molecule has 1 saturated heterocycles. The number of carbonyl (C=O) groups excluding carboxylic acids is 1. The minimum absolute atomic E-state index is 0.0146. The van der Waals surface area contributed by atoms with Crippen LogP contribution in [0, 0.1) is 6.92 Å². The molecular formula is C16H18N8O2. The molecule has 26 heavy (non-hydrogen) atoms. The van der Waals surface area contributed by atoms with E-state index >= 15 is 0 Å². The van der Waals surface area contributed by atoms with Gasteiger partial charge in [0.2, 0.25) is 5.95 Å². The number of carbonyl (C=O) groups is 1. The number of hydrogen-bond donors (Lipinski definition) is 2. The molecule has 1 atom stereocenters. The minimum atomic E-state index is -0.466. The number of amides is 1. The Hall–Kier alpha value is -3.30. The van der Waals surface area contributed by atoms with Crippen molar-refractivity contribution < 1.29 is 4.79 Å². The maximum absolute atomic E-state index is 12.6. The molecule has 0 aromatic carbocycles. The Balaban J connectivity index is 1.51. The number of hydrogen-bond acceptors (Lipinski definition) is 7. The van der Waals surface area contributed by atoms with Gasteiger partial charge >= 0.3 is 0 Å². The van der Waals surface area contributed by atoms with Crippen LogP contribution in [-0.4, -0.2) is 54.6 Å². The highest BCUT2D eigenvalue weighted by molar-refractivity contribution is 5.93. The molecule has 1 fully saturated rings. The number of nitrogens with one attached hydrogen (secondary N) is 2. The molecule has 0 radical (unpaired) electrons. The lowest BCUT2D eigenvalue weighted by Crippen LogP contribution is -2.49. The number of H-pyrrole nitrogens is 1. The van der Waals surface area contributed by atoms with Gasteiger partial charge in [-0.3, -0.25) is 14.7 Å². The number of aromatic nitrogens is 6. The molecule has 1 aliphatic rings. The molecule has 0 aliphatic carbocycles. The standard InChI is InChI=1S/C16H18N8O2/c1-10-20-16-19-8-12(14(26)24(16)22-10)13(25)21-11-4-2-7-23(9-11)15-17-5-3-6-18-15/h3,5-6,8,11H,2,4,7,9H2,1H3,(H,21,25)(H,19,20,22). The molecule has 1 aliphatic heterocycles. The van der Waals surface area contributed by atoms with Crippen molar-refractivity contribution in [2.75, 3.05) is 18.0 Å². The highest BCUT2D eigenvalue weighted by Gasteiger charge is 2.24. The molecule has 0 bridgehead atoms. The predicted octanol–water partition coefficient (Wildman–Crippen LogP) is -0.0852. The Labute approximate surface area is 148 Å². The second kappa shape index (κ2) is 6.54. The molecule has 10 heteroatoms. The van der Waals surface area contributed by atoms with Crippen LogP contribution in [0.5, 0.6) is 0 Å². The molecule has 1 unspecified atom stereocenters. The molecule has 3 aromatic heterocycles. The number of rotatable bonds is 3. The Kier molecular flexibility index (Phi) is 4.07. The Morgan fingerprint density at radius 3 is 2.92 bits per heavy atom. The Bertz CT molecular complexity index is 996. The smallest absolute Gasteiger partial charge is 0.286 e. The summed E-state index contributed by atoms with van der Waals surface area (Å²) in [6.45, 7) is 3.14. The molecular weight excluding hydrogens is 336 g/mol. The molecule has 1 amide bonds. The van der Waals surface area contributed by atoms with Crippen LogP contribution >= 0.6 is 0 Å². The normalized spacial score (nSPS) is 17.4. The van der Waals surface area contributed by atoms with E-state index in [1.54, 1.807) is 25.4 Å². The summed E-state index contributed by atoms with van der Waals surface area (Å²) in [6, 6.07) is 1.67. The van der Waals surface area contributed by atoms with Crippen molar-refractivity contribution in [2.24, 2.45) is 0 Å². The van der Waals surface area contributed by atoms with Gasteiger partial charge in [-0.15, -0.1) is 0 Å². The van der Waals surface area contributed by atoms with Crippen LogP contribution in [0.3, 0.4) is 0 Å². The quantitative estimate of drug-likeness (QED) is 0.674. The summed E-state index contributed by atoms with van der Waals surface area (Å²) < 4.78 is 1.18. The van der Waals surface area contributed by atoms with Crippen molar-refractivity contribution in [3.05, 3.63) is 46.4 Å². The van der Waals surface area contributed by atoms with Crippen LogP contribution in [0.25, 0.3) is 5.78 Å². The van der Waals surface area contributed by atoms with Gasteiger partial charge in [-0.2, -0.15) is 9.50 Å². The van der Waals surface area contributed by atoms with Gasteiger partial charge in [0.05, 0.1) is 0 Å². The SMILES string of the molecule is Cc1nc2ncc(C(=O)NC3CCCN(c4ncccn4)C3)c(=O)n2[nH]1. The maximum Gasteiger partial charge on any atom is 0.286 e. The van der Waals surface area contributed by atoms with Crippen LogP contribution < -0.4 is 15.8 Å². The Morgan fingerprint density at radius 1 is 1.31 bits per heavy atom. The summed E-state index contributed by atoms with van der Waals surface area (Å²) in [4.78, 5) is 43.7. The zero-order valence-corrected chi connectivity index (χ0v) is 14.2. The maximum atomic E-state index is 12.6. The average molecular weight is 354 g/mol. The fourth-order valence-electron chi connectivity index (χ4n) is 3.11. The molecule has 134 valence electrons. The van der Waals surface area contributed by atoms with Gasteiger partial charge in [-0.1, -0.05) is 0 Å². The second-order valence-corrected chi connectivity index (χ2v) is 6.23. The fraction of sp³-hybridized carbons (Fsp3) is 0.375. The zero-order chi connectivity index (χ0) is 18.1. The summed E-state index contributed by atoms with van der Waals surface area (Å²) in [5.41, 5.74) is -0.480. The van der Waals surface area contributed by atoms with Gasteiger partial charge in [-0.25, -0.2) is 15.0 Å². The number of piperidine rings is 1. The van der Waals surface area contributed by atoms with E-state index < -0.39 is 11.5 Å². The van der Waals surface area contributed by atoms with Crippen molar-refractivity contribution in [1.29, 1.82) is 0 Å². The molecule has 0 saturated carbocycles. The Morgan fingerprint density at radius 2 is 2.12 bits per heavy atom. The van der Waals surface area contributed by atoms with Gasteiger partial charge in [-0.05, 0) is 25.8 Å². The first kappa shape index (κ1) is 16.2. The minimum Gasteiger partial charge on any atom is -0.347 e. The predicted molar refractivity (Wildman–Crippen MR) is 93.1 cm³/mol. The topological polar surface area (TPSA) is 121 Å². The van der Waals surface area contributed by atoms with Gasteiger partial charge in [0.1, 0.15) is 11.4 Å². The number of aryl methyl sites for hydroxylation is 1. The van der Waals surface area contributed by atoms with Crippen molar-refractivity contribution in [1.82, 2.24) is 34.9 Å². The van der Waals surface area contributed by atoms with E-state index in [-0.39, 0.29) is 17.4 Å². The first-order valence-electron chi connectivity index (χ1n) is 8.39. The molecule has 10 nitrogen and oxygen atoms in total. The summed E-state index contributed by atoms with van der Waals surface area (Å²) in [5, 5.41) is 5.70. The number of fused-ring (bicyclic) bond motifs is 1. The summed E-state index contributed by atoms with van der Waals surface area (Å²) in [7, 11) is 0. The average Bonchev–Trinajstić information content (AvgIpc) is 3.04. The van der Waals surface area contributed by atoms with Crippen molar-refractivity contribution in [3.63, 3.8) is 0 Å². The number of aromatic amines is 1. The highest BCUT2D eigenvalue weighted by Crippen LogP contribution is 2.15. The van der Waals surface area contributed by atoms with Crippen LogP contribution in [-0.2, 0) is 0 Å². The van der Waals surface area contributed by atoms with E-state index in [2.05, 4.69) is 30.4 Å². The van der Waals surface area contributed by atoms with Crippen molar-refractivity contribution in [3.8, 4) is 0 Å². The van der Waals surface area contributed by atoms with Crippen LogP contribution in [0.4, 0.5) is 5.95 Å². The summed E-state index contributed by atoms with van der Waals surface area (Å²) >= 11 is 0. The third-order valence-electron chi connectivity index (χ3n) is 4.32. The number of nitrogens with zero attached hydrogens (tertiary/aromatic N) is 6. The highest BCUT2D eigenvalue weighted by atomic mass is 16.2.